The summed E-state index contributed by atoms with van der Waals surface area (Å²) < 4.78 is 0. The van der Waals surface area contributed by atoms with E-state index in [1.54, 1.807) is 12.1 Å². The summed E-state index contributed by atoms with van der Waals surface area (Å²) in [5.74, 6) is -0.434. The van der Waals surface area contributed by atoms with Gasteiger partial charge < -0.3 is 44.2 Å². The van der Waals surface area contributed by atoms with Gasteiger partial charge in [-0.2, -0.15) is 5.26 Å². The molecule has 0 saturated carbocycles. The number of nitrogens with two attached hydrogens (primary N) is 1. The van der Waals surface area contributed by atoms with Gasteiger partial charge in [-0.1, -0.05) is 84.9 Å². The highest BCUT2D eigenvalue weighted by Gasteiger charge is 2.17. The van der Waals surface area contributed by atoms with Crippen molar-refractivity contribution in [2.45, 2.75) is 50.9 Å². The average Bonchev–Trinajstić information content (AvgIpc) is 3.16. The normalized spacial score (nSPS) is 12.7. The number of rotatable bonds is 15. The molecule has 0 fully saturated rings. The predicted molar refractivity (Wildman–Crippen MR) is 218 cm³/mol. The van der Waals surface area contributed by atoms with Crippen molar-refractivity contribution in [2.24, 2.45) is 5.73 Å². The average molecular weight is 734 g/mol. The fourth-order valence-electron chi connectivity index (χ4n) is 5.51. The number of likely N-dealkylation sites (N-methyl/N-ethyl adjacent to an activating group) is 2. The van der Waals surface area contributed by atoms with Crippen molar-refractivity contribution in [2.75, 3.05) is 41.3 Å². The molecule has 0 radical (unpaired) electrons. The van der Waals surface area contributed by atoms with Crippen molar-refractivity contribution in [3.63, 3.8) is 0 Å². The van der Waals surface area contributed by atoms with Gasteiger partial charge in [-0.3, -0.25) is 4.79 Å². The Bertz CT molecular complexity index is 1740. The van der Waals surface area contributed by atoms with Crippen LogP contribution in [-0.4, -0.2) is 81.1 Å². The monoisotopic (exact) mass is 733 g/mol. The first-order valence-corrected chi connectivity index (χ1v) is 17.8. The van der Waals surface area contributed by atoms with E-state index in [4.69, 9.17) is 11.0 Å². The quantitative estimate of drug-likeness (QED) is 0.0965. The number of hydrogen-bond acceptors (Lipinski definition) is 6. The van der Waals surface area contributed by atoms with Crippen molar-refractivity contribution >= 4 is 18.0 Å². The number of carbonyl (C=O) groups is 3. The third-order valence-electron chi connectivity index (χ3n) is 9.02. The van der Waals surface area contributed by atoms with Gasteiger partial charge in [-0.15, -0.1) is 0 Å². The van der Waals surface area contributed by atoms with E-state index in [2.05, 4.69) is 37.1 Å². The molecule has 0 unspecified atom stereocenters. The molecule has 4 atom stereocenters. The van der Waals surface area contributed by atoms with Crippen molar-refractivity contribution in [1.29, 1.82) is 5.26 Å². The molecule has 5 amide bonds. The van der Waals surface area contributed by atoms with Crippen molar-refractivity contribution in [1.82, 2.24) is 31.1 Å². The molecule has 288 valence electrons. The zero-order valence-corrected chi connectivity index (χ0v) is 32.7. The Labute approximate surface area is 321 Å². The van der Waals surface area contributed by atoms with Crippen LogP contribution in [0, 0.1) is 18.8 Å². The fourth-order valence-corrected chi connectivity index (χ4v) is 5.51. The van der Waals surface area contributed by atoms with Gasteiger partial charge >= 0.3 is 12.1 Å². The molecule has 6 N–H and O–H groups in total. The van der Waals surface area contributed by atoms with Gasteiger partial charge in [0.2, 0.25) is 5.91 Å². The summed E-state index contributed by atoms with van der Waals surface area (Å²) in [5.41, 5.74) is 10.8. The maximum Gasteiger partial charge on any atom is 0.315 e. The summed E-state index contributed by atoms with van der Waals surface area (Å²) in [4.78, 5) is 39.8. The minimum absolute atomic E-state index is 0. The predicted octanol–water partition coefficient (Wildman–Crippen LogP) is 5.86. The lowest BCUT2D eigenvalue weighted by Gasteiger charge is -2.25. The smallest absolute Gasteiger partial charge is 0.315 e. The molecule has 0 spiro atoms. The first kappa shape index (κ1) is 44.5. The summed E-state index contributed by atoms with van der Waals surface area (Å²) in [6.45, 7) is 4.98. The minimum atomic E-state index is -0.434. The molecule has 0 bridgehead atoms. The molecular formula is C43H57N8O3-. The molecule has 0 aliphatic rings. The molecule has 11 heteroatoms. The van der Waals surface area contributed by atoms with E-state index in [0.29, 0.717) is 24.2 Å². The SMILES string of the molecule is C[C@H](NC(=O)NC[C@H](Cc1ccc(C#N)cc1)N(C)C)c1ccccc1.C[C@H](NC(=O)NC[C@H](Cc1ccc(C(N)=O)cc1)N(C)C)c1ccccc1.[CH3-]. The fraction of sp³-hybridized carbons (Fsp3) is 0.326. The minimum Gasteiger partial charge on any atom is -0.366 e. The van der Waals surface area contributed by atoms with Crippen molar-refractivity contribution in [3.8, 4) is 6.07 Å². The van der Waals surface area contributed by atoms with Gasteiger partial charge in [-0.05, 0) is 101 Å². The molecular weight excluding hydrogens is 677 g/mol. The largest absolute Gasteiger partial charge is 0.366 e. The first-order chi connectivity index (χ1) is 25.4. The van der Waals surface area contributed by atoms with Gasteiger partial charge in [0, 0.05) is 30.7 Å². The van der Waals surface area contributed by atoms with Gasteiger partial charge in [0.15, 0.2) is 0 Å². The molecule has 4 aromatic rings. The lowest BCUT2D eigenvalue weighted by Crippen LogP contribution is -2.45. The number of carbonyl (C=O) groups excluding carboxylic acids is 3. The third kappa shape index (κ3) is 15.5. The van der Waals surface area contributed by atoms with Gasteiger partial charge in [0.25, 0.3) is 0 Å². The summed E-state index contributed by atoms with van der Waals surface area (Å²) in [7, 11) is 7.96. The highest BCUT2D eigenvalue weighted by atomic mass is 16.2. The number of urea groups is 2. The lowest BCUT2D eigenvalue weighted by atomic mass is 10.0. The molecule has 4 aromatic carbocycles. The molecule has 11 nitrogen and oxygen atoms in total. The number of nitrogens with one attached hydrogen (secondary N) is 4. The highest BCUT2D eigenvalue weighted by molar-refractivity contribution is 5.92. The summed E-state index contributed by atoms with van der Waals surface area (Å²) >= 11 is 0. The number of benzene rings is 4. The number of nitriles is 1. The zero-order chi connectivity index (χ0) is 38.8. The molecule has 0 heterocycles. The van der Waals surface area contributed by atoms with E-state index < -0.39 is 5.91 Å². The van der Waals surface area contributed by atoms with E-state index in [1.807, 2.05) is 139 Å². The molecule has 54 heavy (non-hydrogen) atoms. The third-order valence-corrected chi connectivity index (χ3v) is 9.02. The number of nitrogens with zero attached hydrogens (tertiary/aromatic N) is 3. The molecule has 0 saturated heterocycles. The van der Waals surface area contributed by atoms with Crippen LogP contribution in [0.15, 0.2) is 109 Å². The van der Waals surface area contributed by atoms with Crippen LogP contribution >= 0.6 is 0 Å². The second-order valence-corrected chi connectivity index (χ2v) is 13.5. The summed E-state index contributed by atoms with van der Waals surface area (Å²) in [5, 5.41) is 20.7. The van der Waals surface area contributed by atoms with E-state index >= 15 is 0 Å². The van der Waals surface area contributed by atoms with Gasteiger partial charge in [0.05, 0.1) is 23.7 Å². The Balaban J connectivity index is 0.000000367. The first-order valence-electron chi connectivity index (χ1n) is 17.8. The van der Waals surface area contributed by atoms with E-state index in [-0.39, 0.29) is 43.7 Å². The molecule has 0 aliphatic heterocycles. The van der Waals surface area contributed by atoms with Crippen molar-refractivity contribution in [3.05, 3.63) is 150 Å². The number of primary amides is 1. The molecule has 0 aliphatic carbocycles. The van der Waals surface area contributed by atoms with E-state index in [1.165, 1.54) is 0 Å². The molecule has 0 aromatic heterocycles. The van der Waals surface area contributed by atoms with Crippen LogP contribution in [0.25, 0.3) is 0 Å². The van der Waals surface area contributed by atoms with Crippen LogP contribution in [0.1, 0.15) is 64.1 Å². The van der Waals surface area contributed by atoms with Crippen LogP contribution in [0.2, 0.25) is 0 Å². The van der Waals surface area contributed by atoms with Gasteiger partial charge in [0.1, 0.15) is 0 Å². The van der Waals surface area contributed by atoms with E-state index in [9.17, 15) is 14.4 Å². The van der Waals surface area contributed by atoms with Crippen LogP contribution in [0.5, 0.6) is 0 Å². The standard InChI is InChI=1S/C21H28N4O2.C21H26N4O.CH3/c1-15(17-7-5-4-6-8-17)24-21(27)23-14-19(25(2)3)13-16-9-11-18(12-10-16)20(22)26;1-16(19-7-5-4-6-8-19)24-21(26)23-15-20(25(2)3)13-17-9-11-18(14-22)12-10-17;/h4-12,15,19H,13-14H2,1-3H3,(H2,22,26)(H2,23,24,27);4-12,16,20H,13,15H2,1-3H3,(H2,23,24,26);1H3/q;;-1/t15-,19-;16-,20-;/m00./s1. The Hall–Kier alpha value is -5.70. The summed E-state index contributed by atoms with van der Waals surface area (Å²) in [6.07, 6.45) is 1.55. The Morgan fingerprint density at radius 2 is 1.00 bits per heavy atom. The second kappa shape index (κ2) is 23.1. The van der Waals surface area contributed by atoms with Crippen LogP contribution in [0.4, 0.5) is 9.59 Å². The van der Waals surface area contributed by atoms with Crippen LogP contribution < -0.4 is 27.0 Å². The Morgan fingerprint density at radius 1 is 0.630 bits per heavy atom. The van der Waals surface area contributed by atoms with Gasteiger partial charge in [-0.25, -0.2) is 9.59 Å². The number of amides is 5. The summed E-state index contributed by atoms with van der Waals surface area (Å²) in [6, 6.07) is 36.5. The van der Waals surface area contributed by atoms with Crippen molar-refractivity contribution < 1.29 is 14.4 Å². The highest BCUT2D eigenvalue weighted by Crippen LogP contribution is 2.13. The second-order valence-electron chi connectivity index (χ2n) is 13.5. The lowest BCUT2D eigenvalue weighted by molar-refractivity contribution is 0.1000. The van der Waals surface area contributed by atoms with E-state index in [0.717, 1.165) is 35.1 Å². The Kier molecular flexibility index (Phi) is 19.0. The number of hydrogen-bond donors (Lipinski definition) is 5. The Morgan fingerprint density at radius 3 is 1.33 bits per heavy atom. The van der Waals surface area contributed by atoms with Crippen LogP contribution in [0.3, 0.4) is 0 Å². The topological polar surface area (TPSA) is 156 Å². The maximum atomic E-state index is 12.2. The van der Waals surface area contributed by atoms with Crippen LogP contribution in [-0.2, 0) is 12.8 Å². The maximum absolute atomic E-state index is 12.2. The zero-order valence-electron chi connectivity index (χ0n) is 32.7. The molecule has 4 rings (SSSR count).